The largest absolute Gasteiger partial charge is 0.377 e. The number of fused-ring (bicyclic) bond motifs is 8. The lowest BCUT2D eigenvalue weighted by Crippen LogP contribution is -2.05. The third-order valence-corrected chi connectivity index (χ3v) is 21.2. The molecule has 594 valence electrons. The Morgan fingerprint density at radius 1 is 0.192 bits per heavy atom. The molecule has 12 heteroatoms. The van der Waals surface area contributed by atoms with E-state index in [9.17, 15) is 0 Å². The summed E-state index contributed by atoms with van der Waals surface area (Å²) in [6.07, 6.45) is 57.9. The van der Waals surface area contributed by atoms with Crippen LogP contribution in [0.15, 0.2) is 24.3 Å². The van der Waals surface area contributed by atoms with E-state index in [0.29, 0.717) is 106 Å². The van der Waals surface area contributed by atoms with E-state index in [1.807, 2.05) is 0 Å². The number of nitrogens with one attached hydrogen (secondary N) is 2. The van der Waals surface area contributed by atoms with Gasteiger partial charge in [0, 0.05) is 119 Å². The van der Waals surface area contributed by atoms with Crippen molar-refractivity contribution in [3.05, 3.63) is 69.3 Å². The number of hydrogen-bond acceptors (Lipinski definition) is 10. The van der Waals surface area contributed by atoms with E-state index in [1.165, 1.54) is 244 Å². The molecule has 104 heavy (non-hydrogen) atoms. The van der Waals surface area contributed by atoms with Gasteiger partial charge in [-0.2, -0.15) is 0 Å². The minimum Gasteiger partial charge on any atom is -0.377 e. The molecule has 8 bridgehead atoms. The van der Waals surface area contributed by atoms with Crippen LogP contribution in [-0.2, 0) is 64.3 Å². The van der Waals surface area contributed by atoms with Crippen LogP contribution in [0.25, 0.3) is 44.4 Å². The molecule has 0 amide bonds. The highest BCUT2D eigenvalue weighted by molar-refractivity contribution is 5.97. The summed E-state index contributed by atoms with van der Waals surface area (Å²) < 4.78 is 55.2. The molecule has 12 nitrogen and oxygen atoms in total. The maximum Gasteiger partial charge on any atom is 0.0742 e. The van der Waals surface area contributed by atoms with Gasteiger partial charge < -0.3 is 47.9 Å². The van der Waals surface area contributed by atoms with Crippen molar-refractivity contribution in [2.24, 2.45) is 0 Å². The Kier molecular flexibility index (Phi) is 54.3. The predicted molar refractivity (Wildman–Crippen MR) is 444 cm³/mol. The summed E-state index contributed by atoms with van der Waals surface area (Å²) in [6.45, 7) is 27.3. The Balaban J connectivity index is 1.88. The van der Waals surface area contributed by atoms with Gasteiger partial charge in [-0.05, 0) is 75.6 Å². The number of rotatable bonds is 72. The maximum absolute atomic E-state index is 6.91. The molecular weight excluding hydrogens is 1290 g/mol. The van der Waals surface area contributed by atoms with Gasteiger partial charge in [-0.15, -0.1) is 0 Å². The van der Waals surface area contributed by atoms with Crippen molar-refractivity contribution >= 4 is 44.4 Å². The lowest BCUT2D eigenvalue weighted by molar-refractivity contribution is 0.105. The van der Waals surface area contributed by atoms with E-state index in [-0.39, 0.29) is 0 Å². The average Bonchev–Trinajstić information content (AvgIpc) is 1.62. The van der Waals surface area contributed by atoms with Crippen LogP contribution in [0.5, 0.6) is 0 Å². The van der Waals surface area contributed by atoms with E-state index < -0.39 is 0 Å². The second-order valence-electron chi connectivity index (χ2n) is 30.6. The van der Waals surface area contributed by atoms with Crippen molar-refractivity contribution < 1.29 is 37.9 Å². The molecule has 2 N–H and O–H groups in total. The fraction of sp³-hybridized carbons (Fsp3) is 0.783. The van der Waals surface area contributed by atoms with E-state index in [4.69, 9.17) is 47.9 Å². The molecule has 2 aliphatic heterocycles. The number of hydrogen-bond donors (Lipinski definition) is 2. The molecule has 2 aliphatic rings. The molecule has 0 fully saturated rings. The van der Waals surface area contributed by atoms with Crippen molar-refractivity contribution in [1.82, 2.24) is 19.9 Å². The lowest BCUT2D eigenvalue weighted by Gasteiger charge is -2.12. The van der Waals surface area contributed by atoms with E-state index >= 15 is 0 Å². The molecule has 0 saturated heterocycles. The highest BCUT2D eigenvalue weighted by Crippen LogP contribution is 2.38. The highest BCUT2D eigenvalue weighted by Gasteiger charge is 2.27. The molecule has 0 unspecified atom stereocenters. The standard InChI is InChI=1S/C92H158N4O8/c1-9-17-25-33-41-49-57-97-69-77-78(70-98-58-50-42-34-26-18-10-2)86-66-88-81(73-101-61-53-45-37-29-21-13-5)82(74-102-62-54-46-38-30-22-14-6)90(95-88)68-92-84(76-104-64-56-48-40-32-24-16-8)83(75-103-63-55-47-39-31-23-15-7)91(96-92)67-89-80(72-100-60-52-44-36-28-20-12-4)79(87(94-89)65-85(77)93-86)71-99-59-51-43-35-27-19-11-3/h65-68,93-94H,9-64,69-76H2,1-8H3. The molecule has 5 heterocycles. The van der Waals surface area contributed by atoms with Gasteiger partial charge in [0.2, 0.25) is 0 Å². The minimum atomic E-state index is 0.418. The quantitative estimate of drug-likeness (QED) is 0.0527. The Morgan fingerprint density at radius 3 is 0.558 bits per heavy atom. The number of ether oxygens (including phenoxy) is 8. The van der Waals surface area contributed by atoms with Crippen LogP contribution in [-0.4, -0.2) is 99.2 Å². The molecule has 0 spiro atoms. The lowest BCUT2D eigenvalue weighted by atomic mass is 10.0. The summed E-state index contributed by atoms with van der Waals surface area (Å²) in [5.74, 6) is 0. The SMILES string of the molecule is CCCCCCCCOCC1=C(COCCCCCCCC)c2cc3[nH]c(cc4[nH]c(cc5nc(cc1n2)C(COCCCCCCCC)=C5COCCCCCCCC)c(COCCCCCCCC)c4COCCCCCCCC)c(COCCCCCCCC)c3COCCCCCCCC. The number of H-pyrrole nitrogens is 2. The third kappa shape index (κ3) is 38.1. The fourth-order valence-corrected chi connectivity index (χ4v) is 14.5. The normalized spacial score (nSPS) is 12.6. The highest BCUT2D eigenvalue weighted by atomic mass is 16.5. The number of aromatic amines is 2. The first-order valence-electron chi connectivity index (χ1n) is 44.3. The molecule has 0 atom stereocenters. The summed E-state index contributed by atoms with van der Waals surface area (Å²) in [5, 5.41) is 0. The smallest absolute Gasteiger partial charge is 0.0742 e. The summed E-state index contributed by atoms with van der Waals surface area (Å²) >= 11 is 0. The topological polar surface area (TPSA) is 131 Å². The van der Waals surface area contributed by atoms with Gasteiger partial charge in [0.05, 0.1) is 75.6 Å². The zero-order valence-electron chi connectivity index (χ0n) is 68.7. The second-order valence-corrected chi connectivity index (χ2v) is 30.6. The zero-order chi connectivity index (χ0) is 73.8. The number of unbranched alkanes of at least 4 members (excludes halogenated alkanes) is 40. The molecule has 0 aromatic carbocycles. The van der Waals surface area contributed by atoms with Gasteiger partial charge >= 0.3 is 0 Å². The Morgan fingerprint density at radius 2 is 0.356 bits per heavy atom. The number of nitrogens with zero attached hydrogens (tertiary/aromatic N) is 2. The van der Waals surface area contributed by atoms with Crippen LogP contribution in [0, 0.1) is 0 Å². The van der Waals surface area contributed by atoms with Crippen molar-refractivity contribution in [1.29, 1.82) is 0 Å². The van der Waals surface area contributed by atoms with Gasteiger partial charge in [-0.1, -0.05) is 312 Å². The second kappa shape index (κ2) is 62.1. The van der Waals surface area contributed by atoms with Crippen LogP contribution in [0.2, 0.25) is 0 Å². The predicted octanol–water partition coefficient (Wildman–Crippen LogP) is 27.2. The van der Waals surface area contributed by atoms with Gasteiger partial charge in [0.15, 0.2) is 0 Å². The summed E-state index contributed by atoms with van der Waals surface area (Å²) in [6, 6.07) is 9.21. The first-order valence-corrected chi connectivity index (χ1v) is 44.3. The van der Waals surface area contributed by atoms with E-state index in [2.05, 4.69) is 89.6 Å². The average molecular weight is 1450 g/mol. The Hall–Kier alpha value is -3.72. The first kappa shape index (κ1) is 90.9. The van der Waals surface area contributed by atoms with Crippen LogP contribution >= 0.6 is 0 Å². The fourth-order valence-electron chi connectivity index (χ4n) is 14.5. The van der Waals surface area contributed by atoms with Gasteiger partial charge in [-0.25, -0.2) is 9.97 Å². The van der Waals surface area contributed by atoms with Crippen LogP contribution in [0.1, 0.15) is 409 Å². The van der Waals surface area contributed by atoms with Gasteiger partial charge in [0.1, 0.15) is 0 Å². The maximum atomic E-state index is 6.91. The molecule has 3 aromatic rings. The van der Waals surface area contributed by atoms with Gasteiger partial charge in [-0.3, -0.25) is 0 Å². The van der Waals surface area contributed by atoms with Crippen molar-refractivity contribution in [2.45, 2.75) is 390 Å². The molecule has 0 aliphatic carbocycles. The molecule has 0 radical (unpaired) electrons. The molecule has 3 aromatic heterocycles. The van der Waals surface area contributed by atoms with Crippen molar-refractivity contribution in [3.63, 3.8) is 0 Å². The molecular formula is C92H158N4O8. The van der Waals surface area contributed by atoms with Crippen molar-refractivity contribution in [2.75, 3.05) is 79.3 Å². The van der Waals surface area contributed by atoms with E-state index in [0.717, 1.165) is 154 Å². The molecule has 5 rings (SSSR count). The minimum absolute atomic E-state index is 0.418. The summed E-state index contributed by atoms with van der Waals surface area (Å²) in [5.41, 5.74) is 16.2. The first-order chi connectivity index (χ1) is 51.5. The van der Waals surface area contributed by atoms with Crippen LogP contribution in [0.3, 0.4) is 0 Å². The van der Waals surface area contributed by atoms with Crippen LogP contribution in [0.4, 0.5) is 0 Å². The van der Waals surface area contributed by atoms with Gasteiger partial charge in [0.25, 0.3) is 0 Å². The van der Waals surface area contributed by atoms with Crippen LogP contribution < -0.4 is 0 Å². The molecule has 0 saturated carbocycles. The Bertz CT molecular complexity index is 2650. The summed E-state index contributed by atoms with van der Waals surface area (Å²) in [4.78, 5) is 19.8. The van der Waals surface area contributed by atoms with E-state index in [1.54, 1.807) is 0 Å². The zero-order valence-corrected chi connectivity index (χ0v) is 68.7. The monoisotopic (exact) mass is 1450 g/mol. The Labute approximate surface area is 637 Å². The summed E-state index contributed by atoms with van der Waals surface area (Å²) in [7, 11) is 0. The third-order valence-electron chi connectivity index (χ3n) is 21.2. The number of aromatic nitrogens is 4. The van der Waals surface area contributed by atoms with Crippen molar-refractivity contribution in [3.8, 4) is 0 Å².